The van der Waals surface area contributed by atoms with E-state index >= 15 is 0 Å². The highest BCUT2D eigenvalue weighted by Crippen LogP contribution is 2.45. The van der Waals surface area contributed by atoms with Gasteiger partial charge in [0, 0.05) is 18.4 Å². The zero-order chi connectivity index (χ0) is 14.4. The van der Waals surface area contributed by atoms with Crippen LogP contribution >= 0.6 is 0 Å². The van der Waals surface area contributed by atoms with Gasteiger partial charge in [-0.15, -0.1) is 0 Å². The van der Waals surface area contributed by atoms with Gasteiger partial charge in [-0.3, -0.25) is 0 Å². The molecule has 1 N–H and O–H groups in total. The summed E-state index contributed by atoms with van der Waals surface area (Å²) in [5.41, 5.74) is 0.274. The van der Waals surface area contributed by atoms with Crippen LogP contribution in [0.3, 0.4) is 0 Å². The lowest BCUT2D eigenvalue weighted by molar-refractivity contribution is 0.277. The summed E-state index contributed by atoms with van der Waals surface area (Å²) in [7, 11) is 0. The van der Waals surface area contributed by atoms with Crippen molar-refractivity contribution in [1.29, 1.82) is 0 Å². The molecule has 3 heteroatoms. The SMILES string of the molecule is CCCNCCc1ncc(C2(CC(C)C)CCCC2)o1. The van der Waals surface area contributed by atoms with Crippen LogP contribution in [0.2, 0.25) is 0 Å². The van der Waals surface area contributed by atoms with Gasteiger partial charge in [-0.25, -0.2) is 4.98 Å². The lowest BCUT2D eigenvalue weighted by Gasteiger charge is -2.28. The third kappa shape index (κ3) is 3.85. The number of hydrogen-bond acceptors (Lipinski definition) is 3. The Kier molecular flexibility index (Phi) is 5.64. The first-order valence-corrected chi connectivity index (χ1v) is 8.32. The first kappa shape index (κ1) is 15.6. The van der Waals surface area contributed by atoms with E-state index in [1.807, 2.05) is 6.20 Å². The molecule has 0 aliphatic heterocycles. The smallest absolute Gasteiger partial charge is 0.195 e. The molecule has 114 valence electrons. The second-order valence-electron chi connectivity index (χ2n) is 6.70. The summed E-state index contributed by atoms with van der Waals surface area (Å²) < 4.78 is 6.10. The molecule has 3 nitrogen and oxygen atoms in total. The molecule has 0 amide bonds. The maximum Gasteiger partial charge on any atom is 0.195 e. The number of aromatic nitrogens is 1. The van der Waals surface area contributed by atoms with Gasteiger partial charge in [-0.1, -0.05) is 33.6 Å². The zero-order valence-corrected chi connectivity index (χ0v) is 13.4. The highest BCUT2D eigenvalue weighted by molar-refractivity contribution is 5.14. The van der Waals surface area contributed by atoms with Crippen LogP contribution in [0.25, 0.3) is 0 Å². The van der Waals surface area contributed by atoms with Crippen molar-refractivity contribution in [3.05, 3.63) is 17.8 Å². The van der Waals surface area contributed by atoms with Gasteiger partial charge in [0.2, 0.25) is 0 Å². The van der Waals surface area contributed by atoms with E-state index in [2.05, 4.69) is 31.1 Å². The van der Waals surface area contributed by atoms with Gasteiger partial charge >= 0.3 is 0 Å². The average molecular weight is 278 g/mol. The fraction of sp³-hybridized carbons (Fsp3) is 0.824. The van der Waals surface area contributed by atoms with Crippen molar-refractivity contribution in [2.24, 2.45) is 5.92 Å². The van der Waals surface area contributed by atoms with Crippen molar-refractivity contribution in [2.75, 3.05) is 13.1 Å². The van der Waals surface area contributed by atoms with E-state index in [0.29, 0.717) is 5.92 Å². The Morgan fingerprint density at radius 1 is 1.30 bits per heavy atom. The highest BCUT2D eigenvalue weighted by atomic mass is 16.4. The maximum absolute atomic E-state index is 6.10. The van der Waals surface area contributed by atoms with E-state index in [-0.39, 0.29) is 5.41 Å². The monoisotopic (exact) mass is 278 g/mol. The van der Waals surface area contributed by atoms with Crippen LogP contribution in [0, 0.1) is 5.92 Å². The molecule has 20 heavy (non-hydrogen) atoms. The molecule has 1 aliphatic carbocycles. The van der Waals surface area contributed by atoms with E-state index in [9.17, 15) is 0 Å². The molecular formula is C17H30N2O. The second-order valence-corrected chi connectivity index (χ2v) is 6.70. The fourth-order valence-corrected chi connectivity index (χ4v) is 3.55. The molecule has 0 saturated heterocycles. The van der Waals surface area contributed by atoms with Crippen LogP contribution in [0.5, 0.6) is 0 Å². The Hall–Kier alpha value is -0.830. The minimum absolute atomic E-state index is 0.274. The van der Waals surface area contributed by atoms with Crippen LogP contribution in [0.4, 0.5) is 0 Å². The largest absolute Gasteiger partial charge is 0.445 e. The number of oxazole rings is 1. The molecule has 2 rings (SSSR count). The van der Waals surface area contributed by atoms with Gasteiger partial charge in [0.15, 0.2) is 5.89 Å². The molecule has 1 aromatic heterocycles. The minimum atomic E-state index is 0.274. The van der Waals surface area contributed by atoms with E-state index in [1.165, 1.54) is 38.5 Å². The fourth-order valence-electron chi connectivity index (χ4n) is 3.55. The third-order valence-electron chi connectivity index (χ3n) is 4.38. The third-order valence-corrected chi connectivity index (χ3v) is 4.38. The molecule has 0 aromatic carbocycles. The molecule has 1 saturated carbocycles. The maximum atomic E-state index is 6.10. The first-order valence-electron chi connectivity index (χ1n) is 8.32. The predicted octanol–water partition coefficient (Wildman–Crippen LogP) is 4.07. The summed E-state index contributed by atoms with van der Waals surface area (Å²) in [6, 6.07) is 0. The minimum Gasteiger partial charge on any atom is -0.445 e. The van der Waals surface area contributed by atoms with Crippen molar-refractivity contribution in [3.8, 4) is 0 Å². The van der Waals surface area contributed by atoms with E-state index in [0.717, 1.165) is 31.2 Å². The number of hydrogen-bond donors (Lipinski definition) is 1. The van der Waals surface area contributed by atoms with Gasteiger partial charge in [0.25, 0.3) is 0 Å². The van der Waals surface area contributed by atoms with Gasteiger partial charge in [0.1, 0.15) is 5.76 Å². The second kappa shape index (κ2) is 7.26. The Morgan fingerprint density at radius 2 is 2.05 bits per heavy atom. The Morgan fingerprint density at radius 3 is 2.70 bits per heavy atom. The van der Waals surface area contributed by atoms with E-state index in [4.69, 9.17) is 4.42 Å². The van der Waals surface area contributed by atoms with E-state index in [1.54, 1.807) is 0 Å². The van der Waals surface area contributed by atoms with Crippen LogP contribution in [-0.4, -0.2) is 18.1 Å². The van der Waals surface area contributed by atoms with Crippen molar-refractivity contribution in [2.45, 2.75) is 71.1 Å². The summed E-state index contributed by atoms with van der Waals surface area (Å²) in [5.74, 6) is 2.76. The standard InChI is InChI=1S/C17H30N2O/c1-4-10-18-11-7-16-19-13-15(20-16)17(12-14(2)3)8-5-6-9-17/h13-14,18H,4-12H2,1-3H3. The number of nitrogens with zero attached hydrogens (tertiary/aromatic N) is 1. The molecule has 1 heterocycles. The Balaban J connectivity index is 1.98. The summed E-state index contributed by atoms with van der Waals surface area (Å²) in [6.45, 7) is 8.85. The van der Waals surface area contributed by atoms with Gasteiger partial charge < -0.3 is 9.73 Å². The molecule has 0 bridgehead atoms. The van der Waals surface area contributed by atoms with Crippen molar-refractivity contribution in [3.63, 3.8) is 0 Å². The molecule has 0 radical (unpaired) electrons. The quantitative estimate of drug-likeness (QED) is 0.728. The number of rotatable bonds is 8. The zero-order valence-electron chi connectivity index (χ0n) is 13.4. The summed E-state index contributed by atoms with van der Waals surface area (Å²) in [4.78, 5) is 4.50. The van der Waals surface area contributed by atoms with Crippen molar-refractivity contribution < 1.29 is 4.42 Å². The summed E-state index contributed by atoms with van der Waals surface area (Å²) >= 11 is 0. The normalized spacial score (nSPS) is 18.0. The van der Waals surface area contributed by atoms with Crippen LogP contribution < -0.4 is 5.32 Å². The van der Waals surface area contributed by atoms with Crippen LogP contribution in [0.15, 0.2) is 10.6 Å². The molecule has 0 spiro atoms. The molecule has 1 aliphatic rings. The molecule has 1 fully saturated rings. The van der Waals surface area contributed by atoms with Gasteiger partial charge in [0.05, 0.1) is 6.20 Å². The van der Waals surface area contributed by atoms with Gasteiger partial charge in [-0.05, 0) is 38.1 Å². The lowest BCUT2D eigenvalue weighted by atomic mass is 9.77. The molecular weight excluding hydrogens is 248 g/mol. The van der Waals surface area contributed by atoms with E-state index < -0.39 is 0 Å². The van der Waals surface area contributed by atoms with Crippen LogP contribution in [0.1, 0.15) is 70.9 Å². The predicted molar refractivity (Wildman–Crippen MR) is 83.0 cm³/mol. The Labute approximate surface area is 123 Å². The van der Waals surface area contributed by atoms with Crippen LogP contribution in [-0.2, 0) is 11.8 Å². The molecule has 0 unspecified atom stereocenters. The highest BCUT2D eigenvalue weighted by Gasteiger charge is 2.39. The molecule has 0 atom stereocenters. The first-order chi connectivity index (χ1) is 9.66. The number of nitrogens with one attached hydrogen (secondary N) is 1. The summed E-state index contributed by atoms with van der Waals surface area (Å²) in [6.07, 6.45) is 10.5. The topological polar surface area (TPSA) is 38.1 Å². The van der Waals surface area contributed by atoms with Crippen molar-refractivity contribution >= 4 is 0 Å². The lowest BCUT2D eigenvalue weighted by Crippen LogP contribution is -2.23. The van der Waals surface area contributed by atoms with Gasteiger partial charge in [-0.2, -0.15) is 0 Å². The summed E-state index contributed by atoms with van der Waals surface area (Å²) in [5, 5.41) is 3.40. The Bertz CT molecular complexity index is 391. The molecule has 1 aromatic rings. The van der Waals surface area contributed by atoms with Crippen molar-refractivity contribution in [1.82, 2.24) is 10.3 Å². The average Bonchev–Trinajstić information content (AvgIpc) is 3.04.